The summed E-state index contributed by atoms with van der Waals surface area (Å²) in [5.74, 6) is 0. The van der Waals surface area contributed by atoms with Crippen LogP contribution in [0.5, 0.6) is 0 Å². The highest BCUT2D eigenvalue weighted by atomic mass is 35.5. The predicted molar refractivity (Wildman–Crippen MR) is 80.1 cm³/mol. The molecule has 0 spiro atoms. The molecule has 0 atom stereocenters. The molecular formula is C14H21ClN4O. The van der Waals surface area contributed by atoms with Crippen LogP contribution in [0.25, 0.3) is 0 Å². The second kappa shape index (κ2) is 6.92. The summed E-state index contributed by atoms with van der Waals surface area (Å²) in [6.45, 7) is 5.02. The van der Waals surface area contributed by atoms with E-state index in [1.165, 1.54) is 5.69 Å². The van der Waals surface area contributed by atoms with Crippen LogP contribution in [-0.2, 0) is 24.9 Å². The quantitative estimate of drug-likeness (QED) is 0.795. The second-order valence-electron chi connectivity index (χ2n) is 4.77. The van der Waals surface area contributed by atoms with Crippen LogP contribution in [-0.4, -0.2) is 34.6 Å². The Morgan fingerprint density at radius 1 is 1.45 bits per heavy atom. The van der Waals surface area contributed by atoms with Crippen LogP contribution in [0.4, 0.5) is 0 Å². The number of hydrogen-bond donors (Lipinski definition) is 1. The fourth-order valence-corrected chi connectivity index (χ4v) is 2.39. The summed E-state index contributed by atoms with van der Waals surface area (Å²) in [7, 11) is 3.63. The summed E-state index contributed by atoms with van der Waals surface area (Å²) in [4.78, 5) is 0. The van der Waals surface area contributed by atoms with Gasteiger partial charge in [-0.3, -0.25) is 4.68 Å². The Labute approximate surface area is 124 Å². The van der Waals surface area contributed by atoms with Crippen LogP contribution in [0.1, 0.15) is 17.1 Å². The first-order valence-electron chi connectivity index (χ1n) is 6.65. The molecule has 110 valence electrons. The summed E-state index contributed by atoms with van der Waals surface area (Å²) < 4.78 is 9.05. The normalized spacial score (nSPS) is 11.2. The van der Waals surface area contributed by atoms with Gasteiger partial charge < -0.3 is 14.6 Å². The van der Waals surface area contributed by atoms with E-state index in [1.807, 2.05) is 24.7 Å². The minimum absolute atomic E-state index is 0.716. The van der Waals surface area contributed by atoms with Crippen molar-refractivity contribution in [1.82, 2.24) is 19.7 Å². The molecule has 20 heavy (non-hydrogen) atoms. The van der Waals surface area contributed by atoms with Crippen LogP contribution in [0, 0.1) is 6.92 Å². The zero-order valence-corrected chi connectivity index (χ0v) is 12.9. The molecule has 1 N–H and O–H groups in total. The number of aryl methyl sites for hydroxylation is 2. The molecule has 0 amide bonds. The number of halogens is 1. The van der Waals surface area contributed by atoms with Gasteiger partial charge in [0.15, 0.2) is 0 Å². The molecule has 2 aromatic rings. The highest BCUT2D eigenvalue weighted by Crippen LogP contribution is 2.21. The molecule has 0 aliphatic heterocycles. The average Bonchev–Trinajstić information content (AvgIpc) is 2.95. The van der Waals surface area contributed by atoms with E-state index in [0.29, 0.717) is 6.61 Å². The van der Waals surface area contributed by atoms with Gasteiger partial charge in [-0.2, -0.15) is 5.10 Å². The number of nitrogens with zero attached hydrogens (tertiary/aromatic N) is 3. The number of methoxy groups -OCH3 is 1. The predicted octanol–water partition coefficient (Wildman–Crippen LogP) is 1.97. The van der Waals surface area contributed by atoms with Gasteiger partial charge in [-0.25, -0.2) is 0 Å². The van der Waals surface area contributed by atoms with Crippen LogP contribution in [0.2, 0.25) is 5.02 Å². The first-order valence-corrected chi connectivity index (χ1v) is 7.03. The third-order valence-corrected chi connectivity index (χ3v) is 3.79. The molecule has 0 aliphatic carbocycles. The van der Waals surface area contributed by atoms with E-state index < -0.39 is 0 Å². The van der Waals surface area contributed by atoms with Gasteiger partial charge in [0.05, 0.1) is 29.6 Å². The topological polar surface area (TPSA) is 44.0 Å². The minimum atomic E-state index is 0.716. The highest BCUT2D eigenvalue weighted by molar-refractivity contribution is 6.31. The monoisotopic (exact) mass is 296 g/mol. The van der Waals surface area contributed by atoms with E-state index in [4.69, 9.17) is 16.3 Å². The number of nitrogens with one attached hydrogen (secondary N) is 1. The number of rotatable bonds is 7. The molecule has 0 bridgehead atoms. The van der Waals surface area contributed by atoms with E-state index in [9.17, 15) is 0 Å². The highest BCUT2D eigenvalue weighted by Gasteiger charge is 2.12. The van der Waals surface area contributed by atoms with Gasteiger partial charge in [0.1, 0.15) is 0 Å². The third kappa shape index (κ3) is 3.42. The largest absolute Gasteiger partial charge is 0.383 e. The van der Waals surface area contributed by atoms with Crippen molar-refractivity contribution in [2.24, 2.45) is 7.05 Å². The summed E-state index contributed by atoms with van der Waals surface area (Å²) in [5.41, 5.74) is 3.12. The van der Waals surface area contributed by atoms with Crippen molar-refractivity contribution < 1.29 is 4.74 Å². The zero-order chi connectivity index (χ0) is 14.5. The van der Waals surface area contributed by atoms with Gasteiger partial charge in [-0.05, 0) is 19.1 Å². The lowest BCUT2D eigenvalue weighted by Crippen LogP contribution is -2.20. The molecule has 2 heterocycles. The Hall–Kier alpha value is -1.30. The van der Waals surface area contributed by atoms with Crippen LogP contribution < -0.4 is 5.32 Å². The molecule has 0 aliphatic rings. The Balaban J connectivity index is 2.05. The number of aromatic nitrogens is 3. The van der Waals surface area contributed by atoms with Gasteiger partial charge in [-0.1, -0.05) is 11.6 Å². The molecule has 6 heteroatoms. The van der Waals surface area contributed by atoms with Gasteiger partial charge in [0.2, 0.25) is 0 Å². The fourth-order valence-electron chi connectivity index (χ4n) is 2.17. The van der Waals surface area contributed by atoms with Crippen molar-refractivity contribution in [3.05, 3.63) is 40.4 Å². The minimum Gasteiger partial charge on any atom is -0.383 e. The average molecular weight is 297 g/mol. The van der Waals surface area contributed by atoms with Crippen molar-refractivity contribution in [1.29, 1.82) is 0 Å². The number of hydrogen-bond acceptors (Lipinski definition) is 3. The molecule has 0 unspecified atom stereocenters. The summed E-state index contributed by atoms with van der Waals surface area (Å²) >= 11 is 6.30. The SMILES string of the molecule is COCCNCc1cccn1Cc1c(Cl)c(C)nn1C. The summed E-state index contributed by atoms with van der Waals surface area (Å²) in [6, 6.07) is 4.15. The smallest absolute Gasteiger partial charge is 0.0865 e. The van der Waals surface area contributed by atoms with E-state index in [2.05, 4.69) is 27.2 Å². The van der Waals surface area contributed by atoms with Gasteiger partial charge >= 0.3 is 0 Å². The third-order valence-electron chi connectivity index (χ3n) is 3.29. The Kier molecular flexibility index (Phi) is 5.23. The lowest BCUT2D eigenvalue weighted by molar-refractivity contribution is 0.199. The van der Waals surface area contributed by atoms with E-state index in [1.54, 1.807) is 7.11 Å². The standard InChI is InChI=1S/C14H21ClN4O/c1-11-14(15)13(18(2)17-11)10-19-7-4-5-12(19)9-16-6-8-20-3/h4-5,7,16H,6,8-10H2,1-3H3. The molecule has 0 aromatic carbocycles. The van der Waals surface area contributed by atoms with Gasteiger partial charge in [-0.15, -0.1) is 0 Å². The second-order valence-corrected chi connectivity index (χ2v) is 5.14. The van der Waals surface area contributed by atoms with E-state index in [0.717, 1.165) is 36.0 Å². The molecule has 0 saturated carbocycles. The molecule has 0 fully saturated rings. The first-order chi connectivity index (χ1) is 9.63. The molecule has 5 nitrogen and oxygen atoms in total. The van der Waals surface area contributed by atoms with Crippen molar-refractivity contribution in [2.75, 3.05) is 20.3 Å². The maximum absolute atomic E-state index is 6.30. The zero-order valence-electron chi connectivity index (χ0n) is 12.2. The first kappa shape index (κ1) is 15.1. The molecular weight excluding hydrogens is 276 g/mol. The van der Waals surface area contributed by atoms with E-state index >= 15 is 0 Å². The lowest BCUT2D eigenvalue weighted by atomic mass is 10.3. The Morgan fingerprint density at radius 3 is 2.90 bits per heavy atom. The van der Waals surface area contributed by atoms with Crippen molar-refractivity contribution >= 4 is 11.6 Å². The molecule has 2 aromatic heterocycles. The lowest BCUT2D eigenvalue weighted by Gasteiger charge is -2.11. The maximum atomic E-state index is 6.30. The van der Waals surface area contributed by atoms with Crippen LogP contribution in [0.3, 0.4) is 0 Å². The van der Waals surface area contributed by atoms with Crippen molar-refractivity contribution in [3.63, 3.8) is 0 Å². The molecule has 0 saturated heterocycles. The van der Waals surface area contributed by atoms with E-state index in [-0.39, 0.29) is 0 Å². The fraction of sp³-hybridized carbons (Fsp3) is 0.500. The van der Waals surface area contributed by atoms with Crippen LogP contribution >= 0.6 is 11.6 Å². The maximum Gasteiger partial charge on any atom is 0.0865 e. The Bertz CT molecular complexity index is 562. The van der Waals surface area contributed by atoms with Crippen LogP contribution in [0.15, 0.2) is 18.3 Å². The molecule has 2 rings (SSSR count). The van der Waals surface area contributed by atoms with Crippen molar-refractivity contribution in [3.8, 4) is 0 Å². The number of ether oxygens (including phenoxy) is 1. The summed E-state index contributed by atoms with van der Waals surface area (Å²) in [6.07, 6.45) is 2.06. The Morgan fingerprint density at radius 2 is 2.25 bits per heavy atom. The van der Waals surface area contributed by atoms with Gasteiger partial charge in [0.25, 0.3) is 0 Å². The van der Waals surface area contributed by atoms with Crippen molar-refractivity contribution in [2.45, 2.75) is 20.0 Å². The molecule has 0 radical (unpaired) electrons. The summed E-state index contributed by atoms with van der Waals surface area (Å²) in [5, 5.41) is 8.44. The van der Waals surface area contributed by atoms with Gasteiger partial charge in [0, 0.05) is 39.1 Å².